The van der Waals surface area contributed by atoms with Gasteiger partial charge in [-0.15, -0.1) is 12.6 Å². The second-order valence-corrected chi connectivity index (χ2v) is 7.29. The SMILES string of the molecule is CC(=O)/C=C(\N=C(/C)N1CCO[C@@H](c2ccc(C(=O)S)cc2)C1)c1ccncc1F. The lowest BCUT2D eigenvalue weighted by Gasteiger charge is -2.34. The number of thiol groups is 1. The molecule has 2 aromatic rings. The van der Waals surface area contributed by atoms with Gasteiger partial charge in [0.2, 0.25) is 5.12 Å². The fourth-order valence-corrected chi connectivity index (χ4v) is 3.33. The summed E-state index contributed by atoms with van der Waals surface area (Å²) in [6, 6.07) is 8.62. The number of aliphatic imine (C=N–C) groups is 1. The highest BCUT2D eigenvalue weighted by Gasteiger charge is 2.23. The Balaban J connectivity index is 1.82. The smallest absolute Gasteiger partial charge is 0.216 e. The summed E-state index contributed by atoms with van der Waals surface area (Å²) in [7, 11) is 0. The first kappa shape index (κ1) is 21.9. The number of halogens is 1. The molecule has 0 aliphatic carbocycles. The first-order chi connectivity index (χ1) is 14.3. The Morgan fingerprint density at radius 3 is 2.63 bits per heavy atom. The summed E-state index contributed by atoms with van der Waals surface area (Å²) in [5.74, 6) is -0.120. The molecule has 0 bridgehead atoms. The summed E-state index contributed by atoms with van der Waals surface area (Å²) in [5.41, 5.74) is 1.92. The number of hydrogen-bond donors (Lipinski definition) is 1. The van der Waals surface area contributed by atoms with E-state index in [1.54, 1.807) is 12.1 Å². The second kappa shape index (κ2) is 9.77. The molecule has 0 saturated carbocycles. The van der Waals surface area contributed by atoms with Gasteiger partial charge >= 0.3 is 0 Å². The minimum atomic E-state index is -0.541. The molecule has 0 amide bonds. The molecule has 1 aliphatic heterocycles. The molecule has 6 nitrogen and oxygen atoms in total. The zero-order valence-electron chi connectivity index (χ0n) is 16.7. The quantitative estimate of drug-likeness (QED) is 0.341. The number of hydrogen-bond acceptors (Lipinski definition) is 5. The molecule has 8 heteroatoms. The Morgan fingerprint density at radius 1 is 1.27 bits per heavy atom. The predicted molar refractivity (Wildman–Crippen MR) is 116 cm³/mol. The van der Waals surface area contributed by atoms with Crippen LogP contribution in [-0.4, -0.2) is 46.3 Å². The van der Waals surface area contributed by atoms with Gasteiger partial charge in [0.05, 0.1) is 18.5 Å². The Bertz CT molecular complexity index is 1000. The van der Waals surface area contributed by atoms with Crippen LogP contribution in [0.1, 0.15) is 41.4 Å². The van der Waals surface area contributed by atoms with Crippen LogP contribution in [0.3, 0.4) is 0 Å². The van der Waals surface area contributed by atoms with E-state index in [0.29, 0.717) is 31.1 Å². The fourth-order valence-electron chi connectivity index (χ4n) is 3.18. The molecule has 1 aromatic heterocycles. The van der Waals surface area contributed by atoms with Crippen LogP contribution in [0, 0.1) is 5.82 Å². The number of carbonyl (C=O) groups is 2. The molecule has 0 unspecified atom stereocenters. The summed E-state index contributed by atoms with van der Waals surface area (Å²) in [4.78, 5) is 33.3. The van der Waals surface area contributed by atoms with Gasteiger partial charge < -0.3 is 9.64 Å². The number of nitrogens with zero attached hydrogens (tertiary/aromatic N) is 3. The average molecular weight is 428 g/mol. The molecule has 1 atom stereocenters. The predicted octanol–water partition coefficient (Wildman–Crippen LogP) is 3.71. The van der Waals surface area contributed by atoms with E-state index in [0.717, 1.165) is 11.8 Å². The second-order valence-electron chi connectivity index (χ2n) is 6.89. The van der Waals surface area contributed by atoms with Crippen LogP contribution in [-0.2, 0) is 9.53 Å². The van der Waals surface area contributed by atoms with Gasteiger partial charge in [0.25, 0.3) is 0 Å². The minimum absolute atomic E-state index is 0.203. The maximum atomic E-state index is 14.2. The number of amidine groups is 1. The van der Waals surface area contributed by atoms with Crippen molar-refractivity contribution in [3.8, 4) is 0 Å². The Morgan fingerprint density at radius 2 is 2.00 bits per heavy atom. The van der Waals surface area contributed by atoms with E-state index in [1.807, 2.05) is 24.0 Å². The lowest BCUT2D eigenvalue weighted by atomic mass is 10.1. The third-order valence-electron chi connectivity index (χ3n) is 4.72. The normalized spacial score (nSPS) is 17.7. The Hall–Kier alpha value is -2.84. The summed E-state index contributed by atoms with van der Waals surface area (Å²) in [6.45, 7) is 4.85. The molecule has 30 heavy (non-hydrogen) atoms. The van der Waals surface area contributed by atoms with Gasteiger partial charge in [-0.05, 0) is 25.5 Å². The van der Waals surface area contributed by atoms with Gasteiger partial charge in [-0.25, -0.2) is 9.38 Å². The maximum absolute atomic E-state index is 14.2. The van der Waals surface area contributed by atoms with E-state index in [9.17, 15) is 14.0 Å². The lowest BCUT2D eigenvalue weighted by Crippen LogP contribution is -2.41. The molecule has 1 saturated heterocycles. The fraction of sp³-hybridized carbons (Fsp3) is 0.273. The van der Waals surface area contributed by atoms with Crippen molar-refractivity contribution < 1.29 is 18.7 Å². The van der Waals surface area contributed by atoms with E-state index in [4.69, 9.17) is 4.74 Å². The largest absolute Gasteiger partial charge is 0.370 e. The molecule has 0 spiro atoms. The number of ether oxygens (including phenoxy) is 1. The monoisotopic (exact) mass is 427 g/mol. The maximum Gasteiger partial charge on any atom is 0.216 e. The van der Waals surface area contributed by atoms with Gasteiger partial charge in [-0.1, -0.05) is 24.3 Å². The van der Waals surface area contributed by atoms with Crippen LogP contribution in [0.4, 0.5) is 4.39 Å². The summed E-state index contributed by atoms with van der Waals surface area (Å²) >= 11 is 3.83. The summed E-state index contributed by atoms with van der Waals surface area (Å²) in [5, 5.41) is -0.288. The van der Waals surface area contributed by atoms with Crippen LogP contribution < -0.4 is 0 Å². The highest BCUT2D eigenvalue weighted by molar-refractivity contribution is 7.97. The number of pyridine rings is 1. The molecular formula is C22H22FN3O3S. The molecule has 156 valence electrons. The van der Waals surface area contributed by atoms with Crippen molar-refractivity contribution in [3.63, 3.8) is 0 Å². The van der Waals surface area contributed by atoms with Gasteiger partial charge in [0, 0.05) is 36.5 Å². The third kappa shape index (κ3) is 5.40. The first-order valence-corrected chi connectivity index (χ1v) is 9.87. The lowest BCUT2D eigenvalue weighted by molar-refractivity contribution is -0.112. The van der Waals surface area contributed by atoms with Crippen LogP contribution in [0.15, 0.2) is 53.8 Å². The van der Waals surface area contributed by atoms with Gasteiger partial charge in [-0.2, -0.15) is 0 Å². The van der Waals surface area contributed by atoms with E-state index in [2.05, 4.69) is 22.6 Å². The van der Waals surface area contributed by atoms with Crippen LogP contribution in [0.5, 0.6) is 0 Å². The van der Waals surface area contributed by atoms with Gasteiger partial charge in [0.15, 0.2) is 11.6 Å². The molecule has 0 N–H and O–H groups in total. The number of carbonyl (C=O) groups excluding carboxylic acids is 2. The molecule has 1 aliphatic rings. The molecule has 1 fully saturated rings. The van der Waals surface area contributed by atoms with Crippen molar-refractivity contribution in [2.24, 2.45) is 4.99 Å². The molecule has 2 heterocycles. The topological polar surface area (TPSA) is 71.9 Å². The van der Waals surface area contributed by atoms with E-state index in [1.165, 1.54) is 25.3 Å². The Kier molecular flexibility index (Phi) is 7.12. The van der Waals surface area contributed by atoms with Gasteiger partial charge in [0.1, 0.15) is 11.9 Å². The number of ketones is 1. The first-order valence-electron chi connectivity index (χ1n) is 9.42. The average Bonchev–Trinajstić information content (AvgIpc) is 2.73. The molecular weight excluding hydrogens is 405 g/mol. The molecule has 1 aromatic carbocycles. The van der Waals surface area contributed by atoms with Crippen LogP contribution in [0.2, 0.25) is 0 Å². The van der Waals surface area contributed by atoms with Crippen molar-refractivity contribution in [3.05, 3.63) is 71.3 Å². The van der Waals surface area contributed by atoms with Crippen molar-refractivity contribution in [1.82, 2.24) is 9.88 Å². The number of morpholine rings is 1. The number of aromatic nitrogens is 1. The standard InChI is InChI=1S/C22H22FN3O3S/c1-14(27)11-20(18-7-8-24-12-19(18)23)25-15(2)26-9-10-29-21(13-26)16-3-5-17(6-4-16)22(28)30/h3-8,11-12,21H,9-10,13H2,1-2H3,(H,28,30)/b20-11-,25-15+/t21-/m1/s1. The van der Waals surface area contributed by atoms with Crippen molar-refractivity contribution in [2.45, 2.75) is 20.0 Å². The zero-order valence-corrected chi connectivity index (χ0v) is 17.6. The number of allylic oxidation sites excluding steroid dienone is 1. The highest BCUT2D eigenvalue weighted by Crippen LogP contribution is 2.25. The zero-order chi connectivity index (χ0) is 21.7. The summed E-state index contributed by atoms with van der Waals surface area (Å²) < 4.78 is 20.1. The molecule has 0 radical (unpaired) electrons. The minimum Gasteiger partial charge on any atom is -0.370 e. The van der Waals surface area contributed by atoms with Crippen LogP contribution in [0.25, 0.3) is 5.70 Å². The van der Waals surface area contributed by atoms with Crippen LogP contribution >= 0.6 is 12.6 Å². The highest BCUT2D eigenvalue weighted by atomic mass is 32.1. The summed E-state index contributed by atoms with van der Waals surface area (Å²) in [6.07, 6.45) is 3.66. The van der Waals surface area contributed by atoms with E-state index < -0.39 is 5.82 Å². The number of rotatable bonds is 5. The van der Waals surface area contributed by atoms with E-state index in [-0.39, 0.29) is 28.3 Å². The van der Waals surface area contributed by atoms with Crippen molar-refractivity contribution in [1.29, 1.82) is 0 Å². The number of benzene rings is 1. The van der Waals surface area contributed by atoms with E-state index >= 15 is 0 Å². The van der Waals surface area contributed by atoms with Crippen molar-refractivity contribution in [2.75, 3.05) is 19.7 Å². The molecule has 3 rings (SSSR count). The Labute approximate surface area is 179 Å². The van der Waals surface area contributed by atoms with Gasteiger partial charge in [-0.3, -0.25) is 14.6 Å². The van der Waals surface area contributed by atoms with Crippen molar-refractivity contribution >= 4 is 35.1 Å². The third-order valence-corrected chi connectivity index (χ3v) is 4.98.